The summed E-state index contributed by atoms with van der Waals surface area (Å²) < 4.78 is 20.3. The van der Waals surface area contributed by atoms with Crippen LogP contribution in [0.1, 0.15) is 32.6 Å². The number of hydrogen-bond acceptors (Lipinski definition) is 4. The number of likely N-dealkylation sites (tertiary alicyclic amines) is 1. The molecule has 1 aliphatic heterocycles. The number of rotatable bonds is 3. The van der Waals surface area contributed by atoms with E-state index in [0.29, 0.717) is 24.7 Å². The Balaban J connectivity index is 1.77. The van der Waals surface area contributed by atoms with Crippen LogP contribution in [0.2, 0.25) is 0 Å². The largest absolute Gasteiger partial charge is 0.335 e. The van der Waals surface area contributed by atoms with Crippen molar-refractivity contribution in [2.75, 3.05) is 13.1 Å². The first-order valence-corrected chi connectivity index (χ1v) is 7.41. The summed E-state index contributed by atoms with van der Waals surface area (Å²) in [6.45, 7) is 5.70. The Hall–Kier alpha value is -1.75. The van der Waals surface area contributed by atoms with Crippen molar-refractivity contribution in [1.29, 1.82) is 0 Å². The maximum atomic E-state index is 15.0. The number of halogens is 1. The van der Waals surface area contributed by atoms with Gasteiger partial charge in [-0.25, -0.2) is 4.39 Å². The van der Waals surface area contributed by atoms with Crippen molar-refractivity contribution in [3.63, 3.8) is 0 Å². The van der Waals surface area contributed by atoms with E-state index < -0.39 is 5.67 Å². The van der Waals surface area contributed by atoms with Gasteiger partial charge in [0.05, 0.1) is 0 Å². The Bertz CT molecular complexity index is 589. The Morgan fingerprint density at radius 2 is 1.86 bits per heavy atom. The van der Waals surface area contributed by atoms with Crippen LogP contribution in [0.4, 0.5) is 4.39 Å². The first kappa shape index (κ1) is 14.2. The van der Waals surface area contributed by atoms with E-state index >= 15 is 4.39 Å². The quantitative estimate of drug-likeness (QED) is 0.868. The van der Waals surface area contributed by atoms with E-state index in [1.54, 1.807) is 0 Å². The summed E-state index contributed by atoms with van der Waals surface area (Å²) in [6.07, 6.45) is 0.809. The summed E-state index contributed by atoms with van der Waals surface area (Å²) in [5.74, 6) is 0.568. The highest BCUT2D eigenvalue weighted by atomic mass is 19.1. The summed E-state index contributed by atoms with van der Waals surface area (Å²) >= 11 is 0. The van der Waals surface area contributed by atoms with E-state index in [2.05, 4.69) is 28.9 Å². The van der Waals surface area contributed by atoms with Crippen molar-refractivity contribution in [2.45, 2.75) is 38.4 Å². The second-order valence-electron chi connectivity index (χ2n) is 5.88. The molecule has 112 valence electrons. The summed E-state index contributed by atoms with van der Waals surface area (Å²) in [5.41, 5.74) is -0.651. The maximum absolute atomic E-state index is 15.0. The number of nitrogens with zero attached hydrogens (tertiary/aromatic N) is 3. The molecule has 0 bridgehead atoms. The second-order valence-corrected chi connectivity index (χ2v) is 5.88. The van der Waals surface area contributed by atoms with Crippen molar-refractivity contribution in [2.24, 2.45) is 0 Å². The van der Waals surface area contributed by atoms with Gasteiger partial charge in [0, 0.05) is 37.5 Å². The van der Waals surface area contributed by atoms with Crippen LogP contribution in [0.15, 0.2) is 34.9 Å². The highest BCUT2D eigenvalue weighted by Crippen LogP contribution is 2.37. The molecule has 1 aliphatic rings. The molecule has 0 aliphatic carbocycles. The highest BCUT2D eigenvalue weighted by molar-refractivity contribution is 5.53. The molecule has 1 fully saturated rings. The van der Waals surface area contributed by atoms with E-state index in [4.69, 9.17) is 4.52 Å². The highest BCUT2D eigenvalue weighted by Gasteiger charge is 2.41. The van der Waals surface area contributed by atoms with E-state index in [0.717, 1.165) is 18.7 Å². The van der Waals surface area contributed by atoms with Crippen LogP contribution in [-0.4, -0.2) is 34.2 Å². The lowest BCUT2D eigenvalue weighted by Crippen LogP contribution is -2.43. The lowest BCUT2D eigenvalue weighted by Gasteiger charge is -2.36. The average Bonchev–Trinajstić information content (AvgIpc) is 2.99. The first-order chi connectivity index (χ1) is 10.1. The summed E-state index contributed by atoms with van der Waals surface area (Å²) in [4.78, 5) is 6.54. The van der Waals surface area contributed by atoms with Gasteiger partial charge in [-0.05, 0) is 13.8 Å². The summed E-state index contributed by atoms with van der Waals surface area (Å²) in [7, 11) is 0. The molecule has 1 aromatic heterocycles. The average molecular weight is 289 g/mol. The van der Waals surface area contributed by atoms with Crippen LogP contribution >= 0.6 is 0 Å². The van der Waals surface area contributed by atoms with E-state index in [9.17, 15) is 0 Å². The summed E-state index contributed by atoms with van der Waals surface area (Å²) in [6, 6.07) is 9.94. The van der Waals surface area contributed by atoms with Crippen LogP contribution in [0.5, 0.6) is 0 Å². The van der Waals surface area contributed by atoms with Crippen LogP contribution in [-0.2, 0) is 5.67 Å². The molecule has 0 radical (unpaired) electrons. The minimum absolute atomic E-state index is 0.116. The van der Waals surface area contributed by atoms with Gasteiger partial charge in [0.15, 0.2) is 5.67 Å². The topological polar surface area (TPSA) is 42.2 Å². The van der Waals surface area contributed by atoms with Crippen LogP contribution in [0.25, 0.3) is 11.4 Å². The van der Waals surface area contributed by atoms with Gasteiger partial charge in [-0.15, -0.1) is 0 Å². The zero-order chi connectivity index (χ0) is 14.9. The summed E-state index contributed by atoms with van der Waals surface area (Å²) in [5, 5.41) is 3.92. The molecule has 1 aromatic carbocycles. The molecule has 0 unspecified atom stereocenters. The SMILES string of the molecule is CC(C)N1CCC(F)(c2nc(-c3ccccc3)no2)CC1. The predicted molar refractivity (Wildman–Crippen MR) is 78.5 cm³/mol. The van der Waals surface area contributed by atoms with Crippen molar-refractivity contribution < 1.29 is 8.91 Å². The molecule has 2 heterocycles. The Morgan fingerprint density at radius 3 is 2.48 bits per heavy atom. The van der Waals surface area contributed by atoms with Gasteiger partial charge in [0.1, 0.15) is 0 Å². The molecule has 0 amide bonds. The fourth-order valence-corrected chi connectivity index (χ4v) is 2.72. The molecule has 5 heteroatoms. The van der Waals surface area contributed by atoms with Gasteiger partial charge in [-0.3, -0.25) is 0 Å². The zero-order valence-corrected chi connectivity index (χ0v) is 12.4. The smallest absolute Gasteiger partial charge is 0.264 e. The molecule has 21 heavy (non-hydrogen) atoms. The molecule has 2 aromatic rings. The van der Waals surface area contributed by atoms with Crippen LogP contribution < -0.4 is 0 Å². The lowest BCUT2D eigenvalue weighted by atomic mass is 9.92. The van der Waals surface area contributed by atoms with Crippen LogP contribution in [0.3, 0.4) is 0 Å². The van der Waals surface area contributed by atoms with Crippen molar-refractivity contribution in [1.82, 2.24) is 15.0 Å². The van der Waals surface area contributed by atoms with E-state index in [-0.39, 0.29) is 5.89 Å². The monoisotopic (exact) mass is 289 g/mol. The van der Waals surface area contributed by atoms with Crippen LogP contribution in [0, 0.1) is 0 Å². The third kappa shape index (κ3) is 2.83. The maximum Gasteiger partial charge on any atom is 0.264 e. The second kappa shape index (κ2) is 5.56. The van der Waals surface area contributed by atoms with E-state index in [1.807, 2.05) is 30.3 Å². The molecule has 0 saturated carbocycles. The van der Waals surface area contributed by atoms with Gasteiger partial charge in [-0.1, -0.05) is 35.5 Å². The Kier molecular flexibility index (Phi) is 3.76. The fourth-order valence-electron chi connectivity index (χ4n) is 2.72. The van der Waals surface area contributed by atoms with Gasteiger partial charge in [0.25, 0.3) is 5.89 Å². The molecule has 4 nitrogen and oxygen atoms in total. The molecule has 0 atom stereocenters. The third-order valence-corrected chi connectivity index (χ3v) is 4.16. The molecular formula is C16H20FN3O. The number of alkyl halides is 1. The zero-order valence-electron chi connectivity index (χ0n) is 12.4. The number of benzene rings is 1. The Labute approximate surface area is 124 Å². The standard InChI is InChI=1S/C16H20FN3O/c1-12(2)20-10-8-16(17,9-11-20)15-18-14(19-21-15)13-6-4-3-5-7-13/h3-7,12H,8-11H2,1-2H3. The minimum atomic E-state index is -1.49. The van der Waals surface area contributed by atoms with Crippen molar-refractivity contribution >= 4 is 0 Å². The molecular weight excluding hydrogens is 269 g/mol. The van der Waals surface area contributed by atoms with E-state index in [1.165, 1.54) is 0 Å². The fraction of sp³-hybridized carbons (Fsp3) is 0.500. The normalized spacial score (nSPS) is 19.0. The van der Waals surface area contributed by atoms with Gasteiger partial charge >= 0.3 is 0 Å². The predicted octanol–water partition coefficient (Wildman–Crippen LogP) is 3.41. The molecule has 1 saturated heterocycles. The minimum Gasteiger partial charge on any atom is -0.335 e. The molecule has 0 N–H and O–H groups in total. The molecule has 0 spiro atoms. The Morgan fingerprint density at radius 1 is 1.19 bits per heavy atom. The third-order valence-electron chi connectivity index (χ3n) is 4.16. The number of hydrogen-bond donors (Lipinski definition) is 0. The molecule has 3 rings (SSSR count). The lowest BCUT2D eigenvalue weighted by molar-refractivity contribution is 0.0175. The van der Waals surface area contributed by atoms with Gasteiger partial charge in [-0.2, -0.15) is 4.98 Å². The first-order valence-electron chi connectivity index (χ1n) is 7.41. The number of piperidine rings is 1. The number of aromatic nitrogens is 2. The van der Waals surface area contributed by atoms with Crippen molar-refractivity contribution in [3.05, 3.63) is 36.2 Å². The van der Waals surface area contributed by atoms with Gasteiger partial charge in [0.2, 0.25) is 5.82 Å². The van der Waals surface area contributed by atoms with Crippen molar-refractivity contribution in [3.8, 4) is 11.4 Å². The van der Waals surface area contributed by atoms with Gasteiger partial charge < -0.3 is 9.42 Å².